The van der Waals surface area contributed by atoms with Gasteiger partial charge < -0.3 is 5.11 Å². The molecule has 0 amide bonds. The van der Waals surface area contributed by atoms with Crippen LogP contribution >= 0.6 is 0 Å². The lowest BCUT2D eigenvalue weighted by atomic mass is 10.2. The molecule has 1 N–H and O–H groups in total. The molecular weight excluding hydrogens is 306 g/mol. The van der Waals surface area contributed by atoms with Gasteiger partial charge in [0.2, 0.25) is 10.0 Å². The van der Waals surface area contributed by atoms with Gasteiger partial charge in [0.15, 0.2) is 0 Å². The van der Waals surface area contributed by atoms with Crippen molar-refractivity contribution in [2.75, 3.05) is 25.6 Å². The minimum atomic E-state index is -3.83. The largest absolute Gasteiger partial charge is 0.478 e. The van der Waals surface area contributed by atoms with Crippen molar-refractivity contribution in [2.24, 2.45) is 0 Å². The fraction of sp³-hybridized carbons (Fsp3) is 0.364. The maximum atomic E-state index is 12.1. The maximum Gasteiger partial charge on any atom is 0.335 e. The third-order valence-electron chi connectivity index (χ3n) is 2.59. The Morgan fingerprint density at radius 1 is 1.15 bits per heavy atom. The first kappa shape index (κ1) is 16.6. The van der Waals surface area contributed by atoms with Gasteiger partial charge in [0, 0.05) is 19.8 Å². The monoisotopic (exact) mass is 321 g/mol. The molecule has 0 bridgehead atoms. The van der Waals surface area contributed by atoms with Gasteiger partial charge in [0.1, 0.15) is 9.84 Å². The molecule has 0 unspecified atom stereocenters. The van der Waals surface area contributed by atoms with Crippen LogP contribution in [-0.4, -0.2) is 57.8 Å². The minimum absolute atomic E-state index is 0.0252. The molecular formula is C11H15NO6S2. The molecule has 1 aromatic rings. The molecule has 0 saturated heterocycles. The highest BCUT2D eigenvalue weighted by Gasteiger charge is 2.22. The highest BCUT2D eigenvalue weighted by atomic mass is 32.2. The smallest absolute Gasteiger partial charge is 0.335 e. The zero-order valence-electron chi connectivity index (χ0n) is 11.0. The summed E-state index contributed by atoms with van der Waals surface area (Å²) >= 11 is 0. The van der Waals surface area contributed by atoms with Crippen LogP contribution in [0.15, 0.2) is 29.2 Å². The molecule has 0 saturated carbocycles. The van der Waals surface area contributed by atoms with E-state index < -0.39 is 25.8 Å². The molecule has 9 heteroatoms. The molecule has 0 atom stereocenters. The summed E-state index contributed by atoms with van der Waals surface area (Å²) in [4.78, 5) is 10.6. The van der Waals surface area contributed by atoms with Gasteiger partial charge in [-0.1, -0.05) is 0 Å². The Morgan fingerprint density at radius 2 is 1.65 bits per heavy atom. The Bertz CT molecular complexity index is 691. The molecule has 0 spiro atoms. The van der Waals surface area contributed by atoms with E-state index in [4.69, 9.17) is 5.11 Å². The summed E-state index contributed by atoms with van der Waals surface area (Å²) in [6.07, 6.45) is 1.02. The molecule has 1 rings (SSSR count). The molecule has 112 valence electrons. The molecule has 0 radical (unpaired) electrons. The Hall–Kier alpha value is -1.45. The summed E-state index contributed by atoms with van der Waals surface area (Å²) in [6.45, 7) is -0.165. The van der Waals surface area contributed by atoms with E-state index in [1.54, 1.807) is 0 Å². The number of nitrogens with zero attached hydrogens (tertiary/aromatic N) is 1. The average molecular weight is 321 g/mol. The fourth-order valence-electron chi connectivity index (χ4n) is 1.36. The number of benzene rings is 1. The predicted molar refractivity (Wildman–Crippen MR) is 72.9 cm³/mol. The third-order valence-corrected chi connectivity index (χ3v) is 5.38. The summed E-state index contributed by atoms with van der Waals surface area (Å²) in [5, 5.41) is 8.73. The Balaban J connectivity index is 2.95. The summed E-state index contributed by atoms with van der Waals surface area (Å²) in [5.74, 6) is -1.44. The SMILES string of the molecule is CN(CCS(C)(=O)=O)S(=O)(=O)c1ccc(C(=O)O)cc1. The van der Waals surface area contributed by atoms with Crippen LogP contribution in [0.1, 0.15) is 10.4 Å². The number of carbonyl (C=O) groups is 1. The van der Waals surface area contributed by atoms with E-state index in [1.165, 1.54) is 31.3 Å². The molecule has 7 nitrogen and oxygen atoms in total. The zero-order valence-corrected chi connectivity index (χ0v) is 12.6. The van der Waals surface area contributed by atoms with Crippen LogP contribution < -0.4 is 0 Å². The standard InChI is InChI=1S/C11H15NO6S2/c1-12(7-8-19(2,15)16)20(17,18)10-5-3-9(4-6-10)11(13)14/h3-6H,7-8H2,1-2H3,(H,13,14). The second kappa shape index (κ2) is 5.90. The van der Waals surface area contributed by atoms with Crippen molar-refractivity contribution in [3.63, 3.8) is 0 Å². The van der Waals surface area contributed by atoms with Gasteiger partial charge in [-0.15, -0.1) is 0 Å². The van der Waals surface area contributed by atoms with Crippen molar-refractivity contribution in [1.29, 1.82) is 0 Å². The quantitative estimate of drug-likeness (QED) is 0.793. The lowest BCUT2D eigenvalue weighted by Gasteiger charge is -2.16. The van der Waals surface area contributed by atoms with Crippen molar-refractivity contribution < 1.29 is 26.7 Å². The van der Waals surface area contributed by atoms with E-state index in [-0.39, 0.29) is 22.8 Å². The van der Waals surface area contributed by atoms with Gasteiger partial charge in [-0.3, -0.25) is 0 Å². The number of hydrogen-bond acceptors (Lipinski definition) is 5. The van der Waals surface area contributed by atoms with Crippen molar-refractivity contribution in [3.05, 3.63) is 29.8 Å². The number of carboxylic acids is 1. The Morgan fingerprint density at radius 3 is 2.05 bits per heavy atom. The molecule has 0 aliphatic heterocycles. The molecule has 0 aliphatic carbocycles. The fourth-order valence-corrected chi connectivity index (χ4v) is 3.26. The van der Waals surface area contributed by atoms with Gasteiger partial charge >= 0.3 is 5.97 Å². The van der Waals surface area contributed by atoms with Crippen LogP contribution in [-0.2, 0) is 19.9 Å². The second-order valence-electron chi connectivity index (χ2n) is 4.29. The van der Waals surface area contributed by atoms with E-state index in [0.29, 0.717) is 0 Å². The van der Waals surface area contributed by atoms with Crippen LogP contribution in [0.3, 0.4) is 0 Å². The van der Waals surface area contributed by atoms with E-state index in [2.05, 4.69) is 0 Å². The first-order valence-corrected chi connectivity index (χ1v) is 9.01. The third kappa shape index (κ3) is 4.29. The molecule has 0 aromatic heterocycles. The molecule has 0 heterocycles. The number of carboxylic acid groups (broad SMARTS) is 1. The lowest BCUT2D eigenvalue weighted by molar-refractivity contribution is 0.0696. The van der Waals surface area contributed by atoms with Crippen molar-refractivity contribution in [1.82, 2.24) is 4.31 Å². The van der Waals surface area contributed by atoms with E-state index in [1.807, 2.05) is 0 Å². The maximum absolute atomic E-state index is 12.1. The summed E-state index contributed by atoms with van der Waals surface area (Å²) < 4.78 is 47.2. The van der Waals surface area contributed by atoms with Crippen molar-refractivity contribution >= 4 is 25.8 Å². The topological polar surface area (TPSA) is 109 Å². The Labute approximate surface area is 117 Å². The molecule has 1 aromatic carbocycles. The summed E-state index contributed by atoms with van der Waals surface area (Å²) in [6, 6.07) is 4.71. The molecule has 20 heavy (non-hydrogen) atoms. The highest BCUT2D eigenvalue weighted by Crippen LogP contribution is 2.15. The van der Waals surface area contributed by atoms with Crippen LogP contribution in [0.4, 0.5) is 0 Å². The average Bonchev–Trinajstić information content (AvgIpc) is 2.35. The van der Waals surface area contributed by atoms with Gasteiger partial charge in [-0.2, -0.15) is 4.31 Å². The summed E-state index contributed by atoms with van der Waals surface area (Å²) in [7, 11) is -5.82. The summed E-state index contributed by atoms with van der Waals surface area (Å²) in [5.41, 5.74) is -0.0252. The van der Waals surface area contributed by atoms with Crippen LogP contribution in [0, 0.1) is 0 Å². The molecule has 0 fully saturated rings. The van der Waals surface area contributed by atoms with Gasteiger partial charge in [0.25, 0.3) is 0 Å². The van der Waals surface area contributed by atoms with Gasteiger partial charge in [0.05, 0.1) is 16.2 Å². The van der Waals surface area contributed by atoms with Crippen molar-refractivity contribution in [3.8, 4) is 0 Å². The second-order valence-corrected chi connectivity index (χ2v) is 8.59. The number of hydrogen-bond donors (Lipinski definition) is 1. The van der Waals surface area contributed by atoms with E-state index in [0.717, 1.165) is 10.6 Å². The number of rotatable bonds is 6. The first-order chi connectivity index (χ1) is 9.04. The van der Waals surface area contributed by atoms with Crippen LogP contribution in [0.25, 0.3) is 0 Å². The number of aromatic carboxylic acids is 1. The normalized spacial score (nSPS) is 12.6. The first-order valence-electron chi connectivity index (χ1n) is 5.51. The number of sulfonamides is 1. The van der Waals surface area contributed by atoms with Crippen LogP contribution in [0.2, 0.25) is 0 Å². The highest BCUT2D eigenvalue weighted by molar-refractivity contribution is 7.91. The lowest BCUT2D eigenvalue weighted by Crippen LogP contribution is -2.31. The van der Waals surface area contributed by atoms with Crippen molar-refractivity contribution in [2.45, 2.75) is 4.90 Å². The van der Waals surface area contributed by atoms with E-state index >= 15 is 0 Å². The molecule has 0 aliphatic rings. The van der Waals surface area contributed by atoms with E-state index in [9.17, 15) is 21.6 Å². The van der Waals surface area contributed by atoms with Crippen LogP contribution in [0.5, 0.6) is 0 Å². The predicted octanol–water partition coefficient (Wildman–Crippen LogP) is 0.0499. The van der Waals surface area contributed by atoms with Gasteiger partial charge in [-0.05, 0) is 24.3 Å². The minimum Gasteiger partial charge on any atom is -0.478 e. The van der Waals surface area contributed by atoms with Gasteiger partial charge in [-0.25, -0.2) is 21.6 Å². The zero-order chi connectivity index (χ0) is 15.6. The Kier molecular flexibility index (Phi) is 4.90. The number of sulfone groups is 1.